The maximum Gasteiger partial charge on any atom is 0.310 e. The maximum absolute atomic E-state index is 11.7. The number of hydrogen-bond donors (Lipinski definition) is 0. The molecule has 0 aromatic rings. The second-order valence-corrected chi connectivity index (χ2v) is 4.20. The molecule has 88 valence electrons. The molecule has 0 aromatic heterocycles. The Bertz CT molecular complexity index is 335. The van der Waals surface area contributed by atoms with Gasteiger partial charge in [0.2, 0.25) is 5.91 Å². The van der Waals surface area contributed by atoms with Gasteiger partial charge >= 0.3 is 5.97 Å². The average Bonchev–Trinajstić information content (AvgIpc) is 2.68. The molecule has 0 aliphatic carbocycles. The first-order chi connectivity index (χ1) is 7.51. The third kappa shape index (κ3) is 2.32. The van der Waals surface area contributed by atoms with E-state index in [9.17, 15) is 9.59 Å². The number of hydrogen-bond acceptors (Lipinski definition) is 4. The fraction of sp³-hybridized carbons (Fsp3) is 0.727. The van der Waals surface area contributed by atoms with Gasteiger partial charge in [-0.2, -0.15) is 5.26 Å². The molecule has 1 amide bonds. The minimum absolute atomic E-state index is 0.0855. The van der Waals surface area contributed by atoms with E-state index in [4.69, 9.17) is 5.26 Å². The Morgan fingerprint density at radius 1 is 1.50 bits per heavy atom. The van der Waals surface area contributed by atoms with Crippen molar-refractivity contribution < 1.29 is 14.3 Å². The van der Waals surface area contributed by atoms with Crippen LogP contribution >= 0.6 is 0 Å². The van der Waals surface area contributed by atoms with Crippen molar-refractivity contribution in [3.63, 3.8) is 0 Å². The standard InChI is InChI=1S/C11H16N2O3/c1-7(4-12)10(14)13-5-8(2)9(6-13)11(15)16-3/h7-9H,5-6H2,1-3H3. The van der Waals surface area contributed by atoms with Crippen LogP contribution in [0.2, 0.25) is 0 Å². The summed E-state index contributed by atoms with van der Waals surface area (Å²) in [5.41, 5.74) is 0. The van der Waals surface area contributed by atoms with Gasteiger partial charge in [-0.3, -0.25) is 9.59 Å². The van der Waals surface area contributed by atoms with Crippen LogP contribution in [0.1, 0.15) is 13.8 Å². The molecule has 3 atom stereocenters. The molecule has 16 heavy (non-hydrogen) atoms. The number of amides is 1. The molecule has 1 saturated heterocycles. The maximum atomic E-state index is 11.7. The first-order valence-corrected chi connectivity index (χ1v) is 5.27. The molecule has 1 fully saturated rings. The lowest BCUT2D eigenvalue weighted by molar-refractivity contribution is -0.146. The molecule has 1 rings (SSSR count). The van der Waals surface area contributed by atoms with Gasteiger partial charge in [0.1, 0.15) is 5.92 Å². The summed E-state index contributed by atoms with van der Waals surface area (Å²) in [6.45, 7) is 4.35. The zero-order valence-corrected chi connectivity index (χ0v) is 9.77. The smallest absolute Gasteiger partial charge is 0.310 e. The Kier molecular flexibility index (Phi) is 3.88. The highest BCUT2D eigenvalue weighted by Gasteiger charge is 2.38. The van der Waals surface area contributed by atoms with Crippen LogP contribution in [0, 0.1) is 29.1 Å². The van der Waals surface area contributed by atoms with Gasteiger partial charge in [-0.15, -0.1) is 0 Å². The van der Waals surface area contributed by atoms with E-state index in [1.807, 2.05) is 13.0 Å². The molecule has 0 aromatic carbocycles. The van der Waals surface area contributed by atoms with E-state index in [1.165, 1.54) is 7.11 Å². The zero-order valence-electron chi connectivity index (χ0n) is 9.77. The Morgan fingerprint density at radius 3 is 2.62 bits per heavy atom. The summed E-state index contributed by atoms with van der Waals surface area (Å²) in [7, 11) is 1.34. The van der Waals surface area contributed by atoms with Crippen LogP contribution in [0.5, 0.6) is 0 Å². The van der Waals surface area contributed by atoms with Crippen molar-refractivity contribution in [3.8, 4) is 6.07 Å². The Balaban J connectivity index is 2.67. The number of carbonyl (C=O) groups excluding carboxylic acids is 2. The van der Waals surface area contributed by atoms with Crippen LogP contribution in [-0.2, 0) is 14.3 Å². The van der Waals surface area contributed by atoms with Crippen molar-refractivity contribution in [2.75, 3.05) is 20.2 Å². The van der Waals surface area contributed by atoms with Gasteiger partial charge < -0.3 is 9.64 Å². The molecular formula is C11H16N2O3. The fourth-order valence-electron chi connectivity index (χ4n) is 1.93. The molecular weight excluding hydrogens is 208 g/mol. The van der Waals surface area contributed by atoms with E-state index in [0.29, 0.717) is 13.1 Å². The lowest BCUT2D eigenvalue weighted by Gasteiger charge is -2.16. The van der Waals surface area contributed by atoms with Gasteiger partial charge in [-0.25, -0.2) is 0 Å². The quantitative estimate of drug-likeness (QED) is 0.637. The van der Waals surface area contributed by atoms with Crippen LogP contribution in [0.4, 0.5) is 0 Å². The number of likely N-dealkylation sites (tertiary alicyclic amines) is 1. The van der Waals surface area contributed by atoms with Gasteiger partial charge in [0.05, 0.1) is 19.1 Å². The zero-order chi connectivity index (χ0) is 12.3. The Hall–Kier alpha value is -1.57. The number of methoxy groups -OCH3 is 1. The SMILES string of the molecule is COC(=O)C1CN(C(=O)C(C)C#N)CC1C. The molecule has 1 aliphatic heterocycles. The summed E-state index contributed by atoms with van der Waals surface area (Å²) < 4.78 is 4.68. The van der Waals surface area contributed by atoms with Crippen LogP contribution in [0.25, 0.3) is 0 Å². The summed E-state index contributed by atoms with van der Waals surface area (Å²) >= 11 is 0. The second-order valence-electron chi connectivity index (χ2n) is 4.20. The van der Waals surface area contributed by atoms with Crippen LogP contribution in [0.3, 0.4) is 0 Å². The predicted molar refractivity (Wildman–Crippen MR) is 56.0 cm³/mol. The molecule has 0 bridgehead atoms. The summed E-state index contributed by atoms with van der Waals surface area (Å²) in [6.07, 6.45) is 0. The Labute approximate surface area is 95.0 Å². The van der Waals surface area contributed by atoms with Gasteiger partial charge in [-0.05, 0) is 12.8 Å². The van der Waals surface area contributed by atoms with Crippen LogP contribution < -0.4 is 0 Å². The highest BCUT2D eigenvalue weighted by Crippen LogP contribution is 2.25. The third-order valence-corrected chi connectivity index (χ3v) is 2.99. The highest BCUT2D eigenvalue weighted by atomic mass is 16.5. The first kappa shape index (κ1) is 12.5. The van der Waals surface area contributed by atoms with Crippen molar-refractivity contribution in [2.24, 2.45) is 17.8 Å². The van der Waals surface area contributed by atoms with Gasteiger partial charge in [0, 0.05) is 13.1 Å². The highest BCUT2D eigenvalue weighted by molar-refractivity contribution is 5.82. The van der Waals surface area contributed by atoms with Crippen molar-refractivity contribution in [1.82, 2.24) is 4.90 Å². The number of carbonyl (C=O) groups is 2. The molecule has 1 aliphatic rings. The molecule has 0 N–H and O–H groups in total. The van der Waals surface area contributed by atoms with E-state index in [1.54, 1.807) is 11.8 Å². The third-order valence-electron chi connectivity index (χ3n) is 2.99. The van der Waals surface area contributed by atoms with Crippen LogP contribution in [-0.4, -0.2) is 37.0 Å². The van der Waals surface area contributed by atoms with Gasteiger partial charge in [0.15, 0.2) is 0 Å². The molecule has 5 nitrogen and oxygen atoms in total. The molecule has 0 spiro atoms. The largest absolute Gasteiger partial charge is 0.469 e. The number of esters is 1. The summed E-state index contributed by atoms with van der Waals surface area (Å²) in [6, 6.07) is 1.91. The van der Waals surface area contributed by atoms with Crippen LogP contribution in [0.15, 0.2) is 0 Å². The molecule has 1 heterocycles. The lowest BCUT2D eigenvalue weighted by atomic mass is 9.99. The molecule has 0 radical (unpaired) electrons. The number of rotatable bonds is 2. The van der Waals surface area contributed by atoms with E-state index in [-0.39, 0.29) is 23.7 Å². The van der Waals surface area contributed by atoms with Crippen molar-refractivity contribution in [1.29, 1.82) is 5.26 Å². The van der Waals surface area contributed by atoms with Crippen molar-refractivity contribution in [2.45, 2.75) is 13.8 Å². The summed E-state index contributed by atoms with van der Waals surface area (Å²) in [4.78, 5) is 24.7. The topological polar surface area (TPSA) is 70.4 Å². The minimum Gasteiger partial charge on any atom is -0.469 e. The average molecular weight is 224 g/mol. The van der Waals surface area contributed by atoms with E-state index in [0.717, 1.165) is 0 Å². The Morgan fingerprint density at radius 2 is 2.12 bits per heavy atom. The summed E-state index contributed by atoms with van der Waals surface area (Å²) in [5, 5.41) is 8.66. The summed E-state index contributed by atoms with van der Waals surface area (Å²) in [5.74, 6) is -1.32. The van der Waals surface area contributed by atoms with Gasteiger partial charge in [0.25, 0.3) is 0 Å². The monoisotopic (exact) mass is 224 g/mol. The predicted octanol–water partition coefficient (Wildman–Crippen LogP) is 0.414. The minimum atomic E-state index is -0.649. The number of ether oxygens (including phenoxy) is 1. The second kappa shape index (κ2) is 4.97. The van der Waals surface area contributed by atoms with Crippen molar-refractivity contribution >= 4 is 11.9 Å². The molecule has 3 unspecified atom stereocenters. The van der Waals surface area contributed by atoms with Crippen molar-refractivity contribution in [3.05, 3.63) is 0 Å². The van der Waals surface area contributed by atoms with E-state index in [2.05, 4.69) is 4.74 Å². The number of nitriles is 1. The van der Waals surface area contributed by atoms with E-state index < -0.39 is 5.92 Å². The fourth-order valence-corrected chi connectivity index (χ4v) is 1.93. The van der Waals surface area contributed by atoms with Gasteiger partial charge in [-0.1, -0.05) is 6.92 Å². The number of nitrogens with zero attached hydrogens (tertiary/aromatic N) is 2. The normalized spacial score (nSPS) is 26.0. The first-order valence-electron chi connectivity index (χ1n) is 5.27. The van der Waals surface area contributed by atoms with E-state index >= 15 is 0 Å². The molecule has 0 saturated carbocycles. The molecule has 5 heteroatoms. The lowest BCUT2D eigenvalue weighted by Crippen LogP contribution is -2.33.